The molecule has 1 N–H and O–H groups in total. The first-order chi connectivity index (χ1) is 17.0. The largest absolute Gasteiger partial charge is 0.497 e. The van der Waals surface area contributed by atoms with Crippen LogP contribution < -0.4 is 14.4 Å². The van der Waals surface area contributed by atoms with E-state index in [-0.39, 0.29) is 37.7 Å². The van der Waals surface area contributed by atoms with Gasteiger partial charge in [0.15, 0.2) is 0 Å². The SMILES string of the molecule is CCNC(=O)[C@H](CC)N(Cc1ccc(Cl)c(Cl)c1)C(=O)CCCN(c1ccc(OC)cc1)S(C)(=O)=O. The van der Waals surface area contributed by atoms with Crippen molar-refractivity contribution >= 4 is 50.7 Å². The smallest absolute Gasteiger partial charge is 0.242 e. The van der Waals surface area contributed by atoms with Gasteiger partial charge in [-0.2, -0.15) is 0 Å². The molecule has 0 aliphatic rings. The molecule has 2 rings (SSSR count). The first kappa shape index (κ1) is 29.7. The fourth-order valence-corrected chi connectivity index (χ4v) is 5.08. The Morgan fingerprint density at radius 1 is 1.06 bits per heavy atom. The zero-order chi connectivity index (χ0) is 26.9. The minimum atomic E-state index is -3.58. The van der Waals surface area contributed by atoms with Crippen molar-refractivity contribution < 1.29 is 22.7 Å². The van der Waals surface area contributed by atoms with Crippen LogP contribution >= 0.6 is 23.2 Å². The van der Waals surface area contributed by atoms with Crippen molar-refractivity contribution in [2.45, 2.75) is 45.7 Å². The van der Waals surface area contributed by atoms with E-state index in [4.69, 9.17) is 27.9 Å². The van der Waals surface area contributed by atoms with Crippen molar-refractivity contribution in [1.29, 1.82) is 0 Å². The average Bonchev–Trinajstić information content (AvgIpc) is 2.83. The summed E-state index contributed by atoms with van der Waals surface area (Å²) in [4.78, 5) is 27.6. The Morgan fingerprint density at radius 3 is 2.25 bits per heavy atom. The van der Waals surface area contributed by atoms with Crippen LogP contribution in [0.3, 0.4) is 0 Å². The molecule has 0 heterocycles. The number of anilines is 1. The maximum Gasteiger partial charge on any atom is 0.242 e. The van der Waals surface area contributed by atoms with Crippen LogP contribution in [-0.2, 0) is 26.2 Å². The zero-order valence-corrected chi connectivity index (χ0v) is 23.3. The summed E-state index contributed by atoms with van der Waals surface area (Å²) >= 11 is 12.2. The van der Waals surface area contributed by atoms with E-state index < -0.39 is 16.1 Å². The highest BCUT2D eigenvalue weighted by Gasteiger charge is 2.28. The molecule has 0 spiro atoms. The molecule has 198 valence electrons. The molecule has 11 heteroatoms. The minimum Gasteiger partial charge on any atom is -0.497 e. The Kier molecular flexibility index (Phi) is 11.3. The Hall–Kier alpha value is -2.49. The Bertz CT molecular complexity index is 1140. The Morgan fingerprint density at radius 2 is 1.72 bits per heavy atom. The van der Waals surface area contributed by atoms with Crippen molar-refractivity contribution in [3.63, 3.8) is 0 Å². The normalized spacial score (nSPS) is 12.1. The van der Waals surface area contributed by atoms with Gasteiger partial charge in [0.05, 0.1) is 29.1 Å². The second kappa shape index (κ2) is 13.7. The average molecular weight is 559 g/mol. The number of carbonyl (C=O) groups excluding carboxylic acids is 2. The predicted molar refractivity (Wildman–Crippen MR) is 144 cm³/mol. The quantitative estimate of drug-likeness (QED) is 0.391. The van der Waals surface area contributed by atoms with E-state index in [0.29, 0.717) is 34.4 Å². The fraction of sp³-hybridized carbons (Fsp3) is 0.440. The van der Waals surface area contributed by atoms with Gasteiger partial charge < -0.3 is 15.0 Å². The minimum absolute atomic E-state index is 0.0550. The van der Waals surface area contributed by atoms with Crippen LogP contribution in [0.4, 0.5) is 5.69 Å². The first-order valence-corrected chi connectivity index (χ1v) is 14.2. The van der Waals surface area contributed by atoms with Crippen molar-refractivity contribution in [2.24, 2.45) is 0 Å². The second-order valence-electron chi connectivity index (χ2n) is 8.23. The highest BCUT2D eigenvalue weighted by atomic mass is 35.5. The van der Waals surface area contributed by atoms with Crippen LogP contribution in [0.1, 0.15) is 38.7 Å². The van der Waals surface area contributed by atoms with Gasteiger partial charge in [-0.05, 0) is 61.7 Å². The molecule has 0 aromatic heterocycles. The highest BCUT2D eigenvalue weighted by molar-refractivity contribution is 7.92. The number of hydrogen-bond donors (Lipinski definition) is 1. The van der Waals surface area contributed by atoms with Crippen LogP contribution in [0.15, 0.2) is 42.5 Å². The molecule has 8 nitrogen and oxygen atoms in total. The molecule has 0 aliphatic carbocycles. The van der Waals surface area contributed by atoms with Gasteiger partial charge in [0.25, 0.3) is 0 Å². The number of amides is 2. The van der Waals surface area contributed by atoms with Gasteiger partial charge in [-0.3, -0.25) is 13.9 Å². The van der Waals surface area contributed by atoms with Crippen molar-refractivity contribution in [1.82, 2.24) is 10.2 Å². The monoisotopic (exact) mass is 557 g/mol. The van der Waals surface area contributed by atoms with Gasteiger partial charge in [0.2, 0.25) is 21.8 Å². The molecule has 0 aliphatic heterocycles. The van der Waals surface area contributed by atoms with E-state index in [0.717, 1.165) is 11.8 Å². The number of methoxy groups -OCH3 is 1. The van der Waals surface area contributed by atoms with E-state index in [9.17, 15) is 18.0 Å². The maximum atomic E-state index is 13.4. The molecule has 0 radical (unpaired) electrons. The standard InChI is InChI=1S/C25H33Cl2N3O5S/c1-5-23(25(32)28-6-2)29(17-18-9-14-21(26)22(27)16-18)24(31)8-7-15-30(36(4,33)34)19-10-12-20(35-3)13-11-19/h9-14,16,23H,5-8,15,17H2,1-4H3,(H,28,32)/t23-/m0/s1. The number of sulfonamides is 1. The number of rotatable bonds is 13. The summed E-state index contributed by atoms with van der Waals surface area (Å²) in [7, 11) is -2.05. The van der Waals surface area contributed by atoms with Crippen molar-refractivity contribution in [3.8, 4) is 5.75 Å². The Labute approximate surface area is 223 Å². The number of halogens is 2. The molecular weight excluding hydrogens is 525 g/mol. The van der Waals surface area contributed by atoms with Gasteiger partial charge in [-0.15, -0.1) is 0 Å². The summed E-state index contributed by atoms with van der Waals surface area (Å²) in [6.45, 7) is 4.36. The molecular formula is C25H33Cl2N3O5S. The van der Waals surface area contributed by atoms with Crippen LogP contribution in [-0.4, -0.2) is 57.6 Å². The number of benzene rings is 2. The molecule has 1 atom stereocenters. The lowest BCUT2D eigenvalue weighted by atomic mass is 10.1. The van der Waals surface area contributed by atoms with Gasteiger partial charge in [0.1, 0.15) is 11.8 Å². The summed E-state index contributed by atoms with van der Waals surface area (Å²) in [5, 5.41) is 3.54. The molecule has 0 unspecified atom stereocenters. The third-order valence-electron chi connectivity index (χ3n) is 5.59. The lowest BCUT2D eigenvalue weighted by molar-refractivity contribution is -0.141. The summed E-state index contributed by atoms with van der Waals surface area (Å²) in [5.41, 5.74) is 1.21. The van der Waals surface area contributed by atoms with E-state index >= 15 is 0 Å². The van der Waals surface area contributed by atoms with E-state index in [1.54, 1.807) is 42.5 Å². The first-order valence-electron chi connectivity index (χ1n) is 11.6. The molecule has 36 heavy (non-hydrogen) atoms. The Balaban J connectivity index is 2.21. The molecule has 0 saturated heterocycles. The van der Waals surface area contributed by atoms with Gasteiger partial charge in [-0.1, -0.05) is 36.2 Å². The van der Waals surface area contributed by atoms with Crippen LogP contribution in [0.5, 0.6) is 5.75 Å². The number of nitrogens with one attached hydrogen (secondary N) is 1. The van der Waals surface area contributed by atoms with Gasteiger partial charge >= 0.3 is 0 Å². The molecule has 2 aromatic carbocycles. The van der Waals surface area contributed by atoms with Gasteiger partial charge in [-0.25, -0.2) is 8.42 Å². The number of hydrogen-bond acceptors (Lipinski definition) is 5. The fourth-order valence-electron chi connectivity index (χ4n) is 3.80. The lowest BCUT2D eigenvalue weighted by Gasteiger charge is -2.31. The summed E-state index contributed by atoms with van der Waals surface area (Å²) in [6, 6.07) is 11.1. The van der Waals surface area contributed by atoms with E-state index in [2.05, 4.69) is 5.32 Å². The lowest BCUT2D eigenvalue weighted by Crippen LogP contribution is -2.49. The third kappa shape index (κ3) is 8.28. The number of likely N-dealkylation sites (N-methyl/N-ethyl adjacent to an activating group) is 1. The zero-order valence-electron chi connectivity index (χ0n) is 21.0. The maximum absolute atomic E-state index is 13.4. The van der Waals surface area contributed by atoms with Crippen LogP contribution in [0.2, 0.25) is 10.0 Å². The summed E-state index contributed by atoms with van der Waals surface area (Å²) < 4.78 is 31.3. The third-order valence-corrected chi connectivity index (χ3v) is 7.52. The molecule has 0 fully saturated rings. The van der Waals surface area contributed by atoms with Crippen molar-refractivity contribution in [3.05, 3.63) is 58.1 Å². The van der Waals surface area contributed by atoms with Crippen LogP contribution in [0, 0.1) is 0 Å². The summed E-state index contributed by atoms with van der Waals surface area (Å²) in [5.74, 6) is 0.100. The molecule has 0 saturated carbocycles. The number of carbonyl (C=O) groups is 2. The number of nitrogens with zero attached hydrogens (tertiary/aromatic N) is 2. The predicted octanol–water partition coefficient (Wildman–Crippen LogP) is 4.49. The molecule has 0 bridgehead atoms. The van der Waals surface area contributed by atoms with Crippen LogP contribution in [0.25, 0.3) is 0 Å². The molecule has 2 aromatic rings. The van der Waals surface area contributed by atoms with E-state index in [1.165, 1.54) is 16.3 Å². The van der Waals surface area contributed by atoms with E-state index in [1.807, 2.05) is 13.8 Å². The van der Waals surface area contributed by atoms with Crippen molar-refractivity contribution in [2.75, 3.05) is 30.8 Å². The number of ether oxygens (including phenoxy) is 1. The summed E-state index contributed by atoms with van der Waals surface area (Å²) in [6.07, 6.45) is 1.86. The highest BCUT2D eigenvalue weighted by Crippen LogP contribution is 2.25. The molecule has 2 amide bonds. The second-order valence-corrected chi connectivity index (χ2v) is 10.9. The topological polar surface area (TPSA) is 96.0 Å². The van der Waals surface area contributed by atoms with Gasteiger partial charge in [0, 0.05) is 26.1 Å².